The highest BCUT2D eigenvalue weighted by molar-refractivity contribution is 7.09. The number of carbonyl (C=O) groups is 1. The van der Waals surface area contributed by atoms with Crippen LogP contribution in [0.25, 0.3) is 0 Å². The first kappa shape index (κ1) is 12.7. The zero-order chi connectivity index (χ0) is 13.6. The first-order valence-corrected chi connectivity index (χ1v) is 7.69. The maximum Gasteiger partial charge on any atom is 0.222 e. The monoisotopic (exact) mass is 274 g/mol. The molecule has 1 aromatic rings. The van der Waals surface area contributed by atoms with Gasteiger partial charge < -0.3 is 4.90 Å². The minimum Gasteiger partial charge on any atom is -0.338 e. The van der Waals surface area contributed by atoms with Gasteiger partial charge in [-0.2, -0.15) is 0 Å². The van der Waals surface area contributed by atoms with Gasteiger partial charge >= 0.3 is 0 Å². The van der Waals surface area contributed by atoms with E-state index >= 15 is 0 Å². The van der Waals surface area contributed by atoms with E-state index < -0.39 is 0 Å². The summed E-state index contributed by atoms with van der Waals surface area (Å²) in [6.45, 7) is 6.95. The van der Waals surface area contributed by atoms with E-state index in [1.807, 2.05) is 24.1 Å². The number of rotatable bonds is 1. The number of carbonyl (C=O) groups excluding carboxylic acids is 1. The van der Waals surface area contributed by atoms with E-state index in [-0.39, 0.29) is 17.4 Å². The van der Waals surface area contributed by atoms with Crippen LogP contribution in [-0.2, 0) is 4.79 Å². The molecule has 19 heavy (non-hydrogen) atoms. The van der Waals surface area contributed by atoms with Crippen molar-refractivity contribution in [3.63, 3.8) is 0 Å². The Balaban J connectivity index is 1.80. The number of piperidine rings is 1. The van der Waals surface area contributed by atoms with E-state index in [1.165, 1.54) is 0 Å². The van der Waals surface area contributed by atoms with Gasteiger partial charge in [-0.05, 0) is 32.1 Å². The van der Waals surface area contributed by atoms with Crippen LogP contribution >= 0.6 is 11.3 Å². The first-order chi connectivity index (χ1) is 9.06. The Bertz CT molecular complexity index is 582. The van der Waals surface area contributed by atoms with Gasteiger partial charge in [0.15, 0.2) is 0 Å². The van der Waals surface area contributed by atoms with Crippen molar-refractivity contribution >= 4 is 17.2 Å². The van der Waals surface area contributed by atoms with E-state index in [2.05, 4.69) is 23.7 Å². The summed E-state index contributed by atoms with van der Waals surface area (Å²) in [6, 6.07) is 0.247. The van der Waals surface area contributed by atoms with Gasteiger partial charge in [-0.15, -0.1) is 11.3 Å². The lowest BCUT2D eigenvalue weighted by Gasteiger charge is -2.26. The van der Waals surface area contributed by atoms with Gasteiger partial charge in [0.2, 0.25) is 5.91 Å². The minimum atomic E-state index is 0.0440. The maximum absolute atomic E-state index is 11.9. The Morgan fingerprint density at radius 2 is 2.47 bits per heavy atom. The zero-order valence-electron chi connectivity index (χ0n) is 11.6. The highest BCUT2D eigenvalue weighted by Gasteiger charge is 2.64. The SMILES string of the molecule is CCC(=O)N1CC2CC2(C#Cc2csc(C)n2)C1C. The van der Waals surface area contributed by atoms with E-state index in [0.29, 0.717) is 12.3 Å². The fourth-order valence-electron chi connectivity index (χ4n) is 3.14. The number of hydrogen-bond donors (Lipinski definition) is 0. The van der Waals surface area contributed by atoms with Gasteiger partial charge in [-0.25, -0.2) is 4.98 Å². The molecule has 3 unspecified atom stereocenters. The van der Waals surface area contributed by atoms with Crippen LogP contribution in [0.1, 0.15) is 37.4 Å². The molecule has 1 saturated carbocycles. The molecule has 1 saturated heterocycles. The predicted molar refractivity (Wildman–Crippen MR) is 75.7 cm³/mol. The average molecular weight is 274 g/mol. The van der Waals surface area contributed by atoms with E-state index in [0.717, 1.165) is 23.7 Å². The number of fused-ring (bicyclic) bond motifs is 1. The summed E-state index contributed by atoms with van der Waals surface area (Å²) in [6.07, 6.45) is 1.73. The van der Waals surface area contributed by atoms with E-state index in [4.69, 9.17) is 0 Å². The Kier molecular flexibility index (Phi) is 2.90. The lowest BCUT2D eigenvalue weighted by molar-refractivity contribution is -0.132. The molecule has 0 bridgehead atoms. The fourth-order valence-corrected chi connectivity index (χ4v) is 3.69. The summed E-state index contributed by atoms with van der Waals surface area (Å²) >= 11 is 1.63. The number of nitrogens with zero attached hydrogens (tertiary/aromatic N) is 2. The lowest BCUT2D eigenvalue weighted by atomic mass is 9.98. The molecule has 1 amide bonds. The van der Waals surface area contributed by atoms with E-state index in [9.17, 15) is 4.79 Å². The molecule has 1 aliphatic heterocycles. The predicted octanol–water partition coefficient (Wildman–Crippen LogP) is 2.45. The van der Waals surface area contributed by atoms with Gasteiger partial charge in [0.1, 0.15) is 5.69 Å². The van der Waals surface area contributed by atoms with Crippen LogP contribution in [0, 0.1) is 30.1 Å². The van der Waals surface area contributed by atoms with Crippen LogP contribution in [0.5, 0.6) is 0 Å². The van der Waals surface area contributed by atoms with Gasteiger partial charge in [-0.3, -0.25) is 4.79 Å². The number of thiazole rings is 1. The standard InChI is InChI=1S/C15H18N2OS/c1-4-14(18)17-8-12-7-15(12,10(17)2)6-5-13-9-19-11(3)16-13/h9-10,12H,4,7-8H2,1-3H3. The number of likely N-dealkylation sites (tertiary alicyclic amines) is 1. The highest BCUT2D eigenvalue weighted by atomic mass is 32.1. The van der Waals surface area contributed by atoms with Crippen molar-refractivity contribution in [1.82, 2.24) is 9.88 Å². The second-order valence-electron chi connectivity index (χ2n) is 5.52. The normalized spacial score (nSPS) is 31.6. The van der Waals surface area contributed by atoms with Crippen molar-refractivity contribution in [3.8, 4) is 11.8 Å². The van der Waals surface area contributed by atoms with Crippen molar-refractivity contribution < 1.29 is 4.79 Å². The smallest absolute Gasteiger partial charge is 0.222 e. The van der Waals surface area contributed by atoms with Gasteiger partial charge in [0.25, 0.3) is 0 Å². The molecule has 4 heteroatoms. The van der Waals surface area contributed by atoms with Crippen LogP contribution in [0.15, 0.2) is 5.38 Å². The molecule has 0 spiro atoms. The third-order valence-electron chi connectivity index (χ3n) is 4.45. The molecule has 1 aromatic heterocycles. The Morgan fingerprint density at radius 3 is 3.11 bits per heavy atom. The average Bonchev–Trinajstić information content (AvgIpc) is 2.84. The minimum absolute atomic E-state index is 0.0440. The molecule has 0 aromatic carbocycles. The number of hydrogen-bond acceptors (Lipinski definition) is 3. The molecule has 0 N–H and O–H groups in total. The fraction of sp³-hybridized carbons (Fsp3) is 0.600. The second-order valence-corrected chi connectivity index (χ2v) is 6.58. The number of aromatic nitrogens is 1. The third-order valence-corrected chi connectivity index (χ3v) is 5.22. The maximum atomic E-state index is 11.9. The van der Waals surface area contributed by atoms with Crippen molar-refractivity contribution in [3.05, 3.63) is 16.1 Å². The quantitative estimate of drug-likeness (QED) is 0.737. The molecular formula is C15H18N2OS. The third kappa shape index (κ3) is 1.97. The molecular weight excluding hydrogens is 256 g/mol. The van der Waals surface area contributed by atoms with Crippen LogP contribution in [0.2, 0.25) is 0 Å². The first-order valence-electron chi connectivity index (χ1n) is 6.81. The molecule has 100 valence electrons. The van der Waals surface area contributed by atoms with Gasteiger partial charge in [-0.1, -0.05) is 12.8 Å². The molecule has 2 heterocycles. The van der Waals surface area contributed by atoms with Crippen LogP contribution in [-0.4, -0.2) is 28.4 Å². The highest BCUT2D eigenvalue weighted by Crippen LogP contribution is 2.61. The molecule has 3 nitrogen and oxygen atoms in total. The molecule has 3 rings (SSSR count). The van der Waals surface area contributed by atoms with Gasteiger partial charge in [0.05, 0.1) is 10.4 Å². The van der Waals surface area contributed by atoms with Crippen LogP contribution < -0.4 is 0 Å². The van der Waals surface area contributed by atoms with Crippen molar-refractivity contribution in [1.29, 1.82) is 0 Å². The van der Waals surface area contributed by atoms with Crippen LogP contribution in [0.4, 0.5) is 0 Å². The Hall–Kier alpha value is -1.34. The largest absolute Gasteiger partial charge is 0.338 e. The summed E-state index contributed by atoms with van der Waals surface area (Å²) in [7, 11) is 0. The molecule has 0 radical (unpaired) electrons. The summed E-state index contributed by atoms with van der Waals surface area (Å²) in [5.41, 5.74) is 0.914. The summed E-state index contributed by atoms with van der Waals surface area (Å²) in [4.78, 5) is 18.3. The number of aryl methyl sites for hydroxylation is 1. The van der Waals surface area contributed by atoms with Crippen molar-refractivity contribution in [2.45, 2.75) is 39.7 Å². The van der Waals surface area contributed by atoms with E-state index in [1.54, 1.807) is 11.3 Å². The van der Waals surface area contributed by atoms with Crippen LogP contribution in [0.3, 0.4) is 0 Å². The van der Waals surface area contributed by atoms with Gasteiger partial charge in [0, 0.05) is 24.4 Å². The van der Waals surface area contributed by atoms with Crippen molar-refractivity contribution in [2.75, 3.05) is 6.54 Å². The summed E-state index contributed by atoms with van der Waals surface area (Å²) in [5.74, 6) is 7.46. The Morgan fingerprint density at radius 1 is 1.68 bits per heavy atom. The zero-order valence-corrected chi connectivity index (χ0v) is 12.4. The molecule has 2 fully saturated rings. The summed E-state index contributed by atoms with van der Waals surface area (Å²) in [5, 5.41) is 3.06. The summed E-state index contributed by atoms with van der Waals surface area (Å²) < 4.78 is 0. The molecule has 1 aliphatic carbocycles. The Labute approximate surface area is 118 Å². The number of amides is 1. The second kappa shape index (κ2) is 4.35. The molecule has 2 aliphatic rings. The molecule has 3 atom stereocenters. The van der Waals surface area contributed by atoms with Crippen molar-refractivity contribution in [2.24, 2.45) is 11.3 Å². The lowest BCUT2D eigenvalue weighted by Crippen LogP contribution is -2.38. The topological polar surface area (TPSA) is 33.2 Å².